The molecule has 30 heavy (non-hydrogen) atoms. The topological polar surface area (TPSA) is 84.5 Å². The van der Waals surface area contributed by atoms with Crippen LogP contribution in [-0.2, 0) is 10.0 Å². The zero-order chi connectivity index (χ0) is 21.7. The van der Waals surface area contributed by atoms with Crippen molar-refractivity contribution in [3.05, 3.63) is 83.7 Å². The van der Waals surface area contributed by atoms with E-state index in [-0.39, 0.29) is 16.6 Å². The van der Waals surface area contributed by atoms with Crippen LogP contribution < -0.4 is 14.8 Å². The van der Waals surface area contributed by atoms with Gasteiger partial charge in [0, 0.05) is 16.9 Å². The zero-order valence-corrected chi connectivity index (χ0v) is 17.3. The van der Waals surface area contributed by atoms with Gasteiger partial charge in [-0.15, -0.1) is 0 Å². The van der Waals surface area contributed by atoms with Gasteiger partial charge in [0.2, 0.25) is 0 Å². The number of amides is 1. The molecule has 3 aromatic rings. The Morgan fingerprint density at radius 1 is 1.00 bits per heavy atom. The van der Waals surface area contributed by atoms with Crippen molar-refractivity contribution in [3.8, 4) is 5.75 Å². The van der Waals surface area contributed by atoms with E-state index in [2.05, 4.69) is 10.0 Å². The van der Waals surface area contributed by atoms with Gasteiger partial charge in [0.15, 0.2) is 0 Å². The van der Waals surface area contributed by atoms with Gasteiger partial charge < -0.3 is 10.1 Å². The number of carbonyl (C=O) groups is 1. The Morgan fingerprint density at radius 3 is 2.27 bits per heavy atom. The highest BCUT2D eigenvalue weighted by Crippen LogP contribution is 2.21. The van der Waals surface area contributed by atoms with Crippen molar-refractivity contribution in [2.45, 2.75) is 18.7 Å². The van der Waals surface area contributed by atoms with Crippen molar-refractivity contribution in [1.82, 2.24) is 0 Å². The molecule has 0 unspecified atom stereocenters. The lowest BCUT2D eigenvalue weighted by molar-refractivity contribution is 0.102. The van der Waals surface area contributed by atoms with Crippen LogP contribution in [0.1, 0.15) is 22.8 Å². The molecule has 3 aromatic carbocycles. The predicted octanol–water partition coefficient (Wildman–Crippen LogP) is 4.59. The molecule has 0 aliphatic carbocycles. The van der Waals surface area contributed by atoms with E-state index in [1.54, 1.807) is 19.1 Å². The maximum atomic E-state index is 13.2. The highest BCUT2D eigenvalue weighted by Gasteiger charge is 2.15. The number of halogens is 1. The number of nitrogens with one attached hydrogen (secondary N) is 2. The molecule has 156 valence electrons. The van der Waals surface area contributed by atoms with Crippen LogP contribution in [0.15, 0.2) is 71.6 Å². The molecule has 6 nitrogen and oxygen atoms in total. The third kappa shape index (κ3) is 5.15. The second kappa shape index (κ2) is 8.96. The molecule has 0 aliphatic rings. The fraction of sp³-hybridized carbons (Fsp3) is 0.136. The van der Waals surface area contributed by atoms with Gasteiger partial charge in [-0.3, -0.25) is 9.52 Å². The molecule has 2 N–H and O–H groups in total. The second-order valence-corrected chi connectivity index (χ2v) is 8.18. The Hall–Kier alpha value is -3.39. The van der Waals surface area contributed by atoms with E-state index in [0.717, 1.165) is 0 Å². The Balaban J connectivity index is 1.69. The highest BCUT2D eigenvalue weighted by atomic mass is 32.2. The van der Waals surface area contributed by atoms with Gasteiger partial charge in [0.1, 0.15) is 11.6 Å². The maximum absolute atomic E-state index is 13.2. The van der Waals surface area contributed by atoms with Crippen LogP contribution in [0.2, 0.25) is 0 Å². The molecule has 0 fully saturated rings. The van der Waals surface area contributed by atoms with Crippen LogP contribution in [0.5, 0.6) is 5.75 Å². The summed E-state index contributed by atoms with van der Waals surface area (Å²) in [5.74, 6) is -0.177. The number of hydrogen-bond acceptors (Lipinski definition) is 4. The molecule has 0 saturated heterocycles. The second-order valence-electron chi connectivity index (χ2n) is 6.50. The number of anilines is 2. The molecular formula is C22H21FN2O4S. The van der Waals surface area contributed by atoms with Gasteiger partial charge in [-0.1, -0.05) is 0 Å². The SMILES string of the molecule is CCOc1ccc(S(=O)(=O)Nc2ccc(C(=O)Nc3ccc(F)cc3C)cc2)cc1. The summed E-state index contributed by atoms with van der Waals surface area (Å²) in [6.45, 7) is 4.03. The molecule has 1 amide bonds. The van der Waals surface area contributed by atoms with Crippen LogP contribution in [0, 0.1) is 12.7 Å². The van der Waals surface area contributed by atoms with E-state index in [1.165, 1.54) is 54.6 Å². The zero-order valence-electron chi connectivity index (χ0n) is 16.5. The molecule has 0 aliphatic heterocycles. The van der Waals surface area contributed by atoms with Crippen molar-refractivity contribution in [1.29, 1.82) is 0 Å². The van der Waals surface area contributed by atoms with E-state index < -0.39 is 10.0 Å². The number of hydrogen-bond donors (Lipinski definition) is 2. The van der Waals surface area contributed by atoms with Crippen LogP contribution >= 0.6 is 0 Å². The summed E-state index contributed by atoms with van der Waals surface area (Å²) in [5, 5.41) is 2.71. The lowest BCUT2D eigenvalue weighted by Gasteiger charge is -2.11. The molecule has 0 atom stereocenters. The fourth-order valence-electron chi connectivity index (χ4n) is 2.75. The molecule has 0 spiro atoms. The van der Waals surface area contributed by atoms with Crippen molar-refractivity contribution in [3.63, 3.8) is 0 Å². The molecule has 3 rings (SSSR count). The molecule has 0 saturated carbocycles. The number of aryl methyl sites for hydroxylation is 1. The number of benzene rings is 3. The van der Waals surface area contributed by atoms with E-state index >= 15 is 0 Å². The van der Waals surface area contributed by atoms with E-state index in [9.17, 15) is 17.6 Å². The average Bonchev–Trinajstić information content (AvgIpc) is 2.71. The molecule has 0 bridgehead atoms. The smallest absolute Gasteiger partial charge is 0.261 e. The monoisotopic (exact) mass is 428 g/mol. The molecule has 0 heterocycles. The lowest BCUT2D eigenvalue weighted by Crippen LogP contribution is -2.14. The summed E-state index contributed by atoms with van der Waals surface area (Å²) in [7, 11) is -3.78. The number of carbonyl (C=O) groups excluding carboxylic acids is 1. The molecular weight excluding hydrogens is 407 g/mol. The van der Waals surface area contributed by atoms with E-state index in [4.69, 9.17) is 4.74 Å². The predicted molar refractivity (Wildman–Crippen MR) is 114 cm³/mol. The quantitative estimate of drug-likeness (QED) is 0.577. The first kappa shape index (κ1) is 21.3. The Labute approximate surface area is 174 Å². The molecule has 8 heteroatoms. The Kier molecular flexibility index (Phi) is 6.37. The standard InChI is InChI=1S/C22H21FN2O4S/c1-3-29-19-9-11-20(12-10-19)30(27,28)25-18-7-4-16(5-8-18)22(26)24-21-13-6-17(23)14-15(21)2/h4-14,25H,3H2,1-2H3,(H,24,26). The summed E-state index contributed by atoms with van der Waals surface area (Å²) in [6, 6.07) is 16.2. The minimum absolute atomic E-state index is 0.0968. The Morgan fingerprint density at radius 2 is 1.67 bits per heavy atom. The average molecular weight is 428 g/mol. The van der Waals surface area contributed by atoms with Gasteiger partial charge in [-0.05, 0) is 86.1 Å². The molecule has 0 aromatic heterocycles. The molecule has 0 radical (unpaired) electrons. The number of ether oxygens (including phenoxy) is 1. The van der Waals surface area contributed by atoms with Crippen LogP contribution in [0.3, 0.4) is 0 Å². The normalized spacial score (nSPS) is 11.0. The van der Waals surface area contributed by atoms with Gasteiger partial charge in [0.05, 0.1) is 11.5 Å². The number of rotatable bonds is 7. The first-order valence-electron chi connectivity index (χ1n) is 9.22. The third-order valence-electron chi connectivity index (χ3n) is 4.28. The summed E-state index contributed by atoms with van der Waals surface area (Å²) in [4.78, 5) is 12.5. The minimum atomic E-state index is -3.78. The van der Waals surface area contributed by atoms with Crippen LogP contribution in [0.25, 0.3) is 0 Å². The minimum Gasteiger partial charge on any atom is -0.494 e. The van der Waals surface area contributed by atoms with Crippen LogP contribution in [-0.4, -0.2) is 20.9 Å². The maximum Gasteiger partial charge on any atom is 0.261 e. The first-order valence-corrected chi connectivity index (χ1v) is 10.7. The summed E-state index contributed by atoms with van der Waals surface area (Å²) in [6.07, 6.45) is 0. The summed E-state index contributed by atoms with van der Waals surface area (Å²) in [5.41, 5.74) is 1.76. The Bertz CT molecular complexity index is 1140. The summed E-state index contributed by atoms with van der Waals surface area (Å²) >= 11 is 0. The van der Waals surface area contributed by atoms with E-state index in [1.807, 2.05) is 6.92 Å². The largest absolute Gasteiger partial charge is 0.494 e. The highest BCUT2D eigenvalue weighted by molar-refractivity contribution is 7.92. The van der Waals surface area contributed by atoms with E-state index in [0.29, 0.717) is 34.9 Å². The van der Waals surface area contributed by atoms with Gasteiger partial charge in [0.25, 0.3) is 15.9 Å². The fourth-order valence-corrected chi connectivity index (χ4v) is 3.81. The van der Waals surface area contributed by atoms with Gasteiger partial charge >= 0.3 is 0 Å². The third-order valence-corrected chi connectivity index (χ3v) is 5.68. The van der Waals surface area contributed by atoms with Crippen molar-refractivity contribution < 1.29 is 22.3 Å². The van der Waals surface area contributed by atoms with Crippen molar-refractivity contribution in [2.75, 3.05) is 16.6 Å². The summed E-state index contributed by atoms with van der Waals surface area (Å²) < 4.78 is 46.0. The van der Waals surface area contributed by atoms with Gasteiger partial charge in [-0.25, -0.2) is 12.8 Å². The van der Waals surface area contributed by atoms with Crippen LogP contribution in [0.4, 0.5) is 15.8 Å². The first-order chi connectivity index (χ1) is 14.3. The number of sulfonamides is 1. The lowest BCUT2D eigenvalue weighted by atomic mass is 10.1. The van der Waals surface area contributed by atoms with Crippen molar-refractivity contribution in [2.24, 2.45) is 0 Å². The van der Waals surface area contributed by atoms with Gasteiger partial charge in [-0.2, -0.15) is 0 Å². The van der Waals surface area contributed by atoms with Crippen molar-refractivity contribution >= 4 is 27.3 Å².